The first kappa shape index (κ1) is 11.1. The Kier molecular flexibility index (Phi) is 3.32. The number of benzene rings is 1. The fourth-order valence-corrected chi connectivity index (χ4v) is 3.37. The Morgan fingerprint density at radius 2 is 2.06 bits per heavy atom. The summed E-state index contributed by atoms with van der Waals surface area (Å²) in [5.41, 5.74) is 1.25. The van der Waals surface area contributed by atoms with Gasteiger partial charge in [-0.3, -0.25) is 0 Å². The third kappa shape index (κ3) is 2.63. The van der Waals surface area contributed by atoms with E-state index in [1.807, 2.05) is 0 Å². The summed E-state index contributed by atoms with van der Waals surface area (Å²) in [7, 11) is 0. The molecule has 1 aromatic carbocycles. The van der Waals surface area contributed by atoms with Crippen molar-refractivity contribution in [2.24, 2.45) is 5.92 Å². The lowest BCUT2D eigenvalue weighted by molar-refractivity contribution is 0.213. The van der Waals surface area contributed by atoms with E-state index in [2.05, 4.69) is 40.5 Å². The molecule has 1 N–H and O–H groups in total. The van der Waals surface area contributed by atoms with Gasteiger partial charge in [-0.05, 0) is 43.7 Å². The van der Waals surface area contributed by atoms with E-state index < -0.39 is 0 Å². The van der Waals surface area contributed by atoms with Gasteiger partial charge in [0.1, 0.15) is 0 Å². The van der Waals surface area contributed by atoms with Gasteiger partial charge in [0.15, 0.2) is 0 Å². The Morgan fingerprint density at radius 1 is 1.18 bits per heavy atom. The maximum Gasteiger partial charge on any atom is 0.0340 e. The lowest BCUT2D eigenvalue weighted by Crippen LogP contribution is -2.33. The Hall–Kier alpha value is -1.02. The molecule has 2 bridgehead atoms. The van der Waals surface area contributed by atoms with Crippen molar-refractivity contribution in [3.63, 3.8) is 0 Å². The second kappa shape index (κ2) is 5.09. The Morgan fingerprint density at radius 3 is 2.76 bits per heavy atom. The molecule has 0 radical (unpaired) electrons. The van der Waals surface area contributed by atoms with Crippen molar-refractivity contribution < 1.29 is 0 Å². The number of hydrogen-bond donors (Lipinski definition) is 1. The fraction of sp³-hybridized carbons (Fsp3) is 0.600. The van der Waals surface area contributed by atoms with E-state index in [-0.39, 0.29) is 0 Å². The number of hydrogen-bond acceptors (Lipinski definition) is 2. The van der Waals surface area contributed by atoms with E-state index in [0.717, 1.165) is 18.5 Å². The molecule has 1 saturated carbocycles. The molecule has 0 aromatic heterocycles. The number of fused-ring (bicyclic) bond motifs is 2. The number of para-hydroxylation sites is 1. The maximum absolute atomic E-state index is 3.49. The molecule has 1 aromatic rings. The van der Waals surface area contributed by atoms with Gasteiger partial charge in [-0.15, -0.1) is 0 Å². The highest BCUT2D eigenvalue weighted by Gasteiger charge is 2.36. The number of anilines is 1. The topological polar surface area (TPSA) is 15.3 Å². The lowest BCUT2D eigenvalue weighted by Gasteiger charge is -2.26. The summed E-state index contributed by atoms with van der Waals surface area (Å²) in [5, 5.41) is 3.49. The maximum atomic E-state index is 3.49. The summed E-state index contributed by atoms with van der Waals surface area (Å²) in [6.45, 7) is 3.74. The minimum Gasteiger partial charge on any atom is -0.385 e. The van der Waals surface area contributed by atoms with Crippen molar-refractivity contribution in [3.05, 3.63) is 30.3 Å². The first-order valence-electron chi connectivity index (χ1n) is 6.95. The molecule has 3 rings (SSSR count). The zero-order valence-electron chi connectivity index (χ0n) is 10.4. The number of rotatable bonds is 5. The Bertz CT molecular complexity index is 349. The molecule has 17 heavy (non-hydrogen) atoms. The minimum absolute atomic E-state index is 0.928. The molecule has 2 nitrogen and oxygen atoms in total. The molecule has 2 atom stereocenters. The monoisotopic (exact) mass is 230 g/mol. The predicted molar refractivity (Wildman–Crippen MR) is 72.3 cm³/mol. The van der Waals surface area contributed by atoms with E-state index in [4.69, 9.17) is 0 Å². The zero-order valence-corrected chi connectivity index (χ0v) is 10.4. The molecule has 0 spiro atoms. The van der Waals surface area contributed by atoms with Gasteiger partial charge in [-0.25, -0.2) is 0 Å². The lowest BCUT2D eigenvalue weighted by atomic mass is 10.1. The van der Waals surface area contributed by atoms with Crippen LogP contribution in [0, 0.1) is 5.92 Å². The van der Waals surface area contributed by atoms with Gasteiger partial charge < -0.3 is 10.2 Å². The van der Waals surface area contributed by atoms with Crippen molar-refractivity contribution in [2.45, 2.75) is 31.7 Å². The van der Waals surface area contributed by atoms with E-state index in [1.165, 1.54) is 44.5 Å². The minimum atomic E-state index is 0.928. The standard InChI is InChI=1S/C15H22N2/c1-2-5-14(6-3-1)16-9-4-10-17-12-13-7-8-15(17)11-13/h1-3,5-6,13,15-16H,4,7-12H2. The Balaban J connectivity index is 1.36. The van der Waals surface area contributed by atoms with Crippen molar-refractivity contribution in [1.82, 2.24) is 4.90 Å². The first-order chi connectivity index (χ1) is 8.42. The summed E-state index contributed by atoms with van der Waals surface area (Å²) in [6, 6.07) is 11.4. The van der Waals surface area contributed by atoms with E-state index in [9.17, 15) is 0 Å². The molecule has 1 heterocycles. The molecule has 92 valence electrons. The summed E-state index contributed by atoms with van der Waals surface area (Å²) >= 11 is 0. The second-order valence-corrected chi connectivity index (χ2v) is 5.47. The predicted octanol–water partition coefficient (Wildman–Crippen LogP) is 2.97. The molecule has 1 aliphatic carbocycles. The van der Waals surface area contributed by atoms with Crippen molar-refractivity contribution in [2.75, 3.05) is 25.0 Å². The van der Waals surface area contributed by atoms with Crippen LogP contribution in [0.5, 0.6) is 0 Å². The van der Waals surface area contributed by atoms with Crippen LogP contribution in [0.2, 0.25) is 0 Å². The van der Waals surface area contributed by atoms with Crippen LogP contribution in [0.15, 0.2) is 30.3 Å². The highest BCUT2D eigenvalue weighted by atomic mass is 15.2. The summed E-state index contributed by atoms with van der Waals surface area (Å²) in [5.74, 6) is 1.03. The average molecular weight is 230 g/mol. The third-order valence-electron chi connectivity index (χ3n) is 4.25. The van der Waals surface area contributed by atoms with Crippen LogP contribution in [0.3, 0.4) is 0 Å². The smallest absolute Gasteiger partial charge is 0.0340 e. The van der Waals surface area contributed by atoms with Crippen LogP contribution in [0.25, 0.3) is 0 Å². The summed E-state index contributed by atoms with van der Waals surface area (Å²) in [4.78, 5) is 2.71. The quantitative estimate of drug-likeness (QED) is 0.782. The van der Waals surface area contributed by atoms with E-state index >= 15 is 0 Å². The molecule has 0 amide bonds. The fourth-order valence-electron chi connectivity index (χ4n) is 3.37. The highest BCUT2D eigenvalue weighted by Crippen LogP contribution is 2.37. The van der Waals surface area contributed by atoms with Gasteiger partial charge in [0.05, 0.1) is 0 Å². The van der Waals surface area contributed by atoms with Gasteiger partial charge in [-0.2, -0.15) is 0 Å². The summed E-state index contributed by atoms with van der Waals surface area (Å²) < 4.78 is 0. The van der Waals surface area contributed by atoms with Gasteiger partial charge in [0, 0.05) is 31.4 Å². The van der Waals surface area contributed by atoms with Crippen molar-refractivity contribution >= 4 is 5.69 Å². The highest BCUT2D eigenvalue weighted by molar-refractivity contribution is 5.42. The SMILES string of the molecule is c1ccc(NCCCN2CC3CCC2C3)cc1. The second-order valence-electron chi connectivity index (χ2n) is 5.47. The molecular formula is C15H22N2. The molecule has 2 unspecified atom stereocenters. The van der Waals surface area contributed by atoms with Crippen LogP contribution in [-0.4, -0.2) is 30.6 Å². The van der Waals surface area contributed by atoms with Crippen LogP contribution < -0.4 is 5.32 Å². The van der Waals surface area contributed by atoms with Crippen molar-refractivity contribution in [3.8, 4) is 0 Å². The number of nitrogens with zero attached hydrogens (tertiary/aromatic N) is 1. The normalized spacial score (nSPS) is 27.5. The molecule has 1 aliphatic heterocycles. The largest absolute Gasteiger partial charge is 0.385 e. The third-order valence-corrected chi connectivity index (χ3v) is 4.25. The average Bonchev–Trinajstić information content (AvgIpc) is 2.98. The number of nitrogens with one attached hydrogen (secondary N) is 1. The molecular weight excluding hydrogens is 208 g/mol. The van der Waals surface area contributed by atoms with Gasteiger partial charge in [-0.1, -0.05) is 18.2 Å². The van der Waals surface area contributed by atoms with E-state index in [0.29, 0.717) is 0 Å². The molecule has 2 fully saturated rings. The number of likely N-dealkylation sites (tertiary alicyclic amines) is 1. The van der Waals surface area contributed by atoms with Gasteiger partial charge >= 0.3 is 0 Å². The molecule has 2 aliphatic rings. The number of piperidine rings is 1. The Labute approximate surface area is 104 Å². The molecule has 2 heteroatoms. The van der Waals surface area contributed by atoms with Crippen LogP contribution in [-0.2, 0) is 0 Å². The van der Waals surface area contributed by atoms with Gasteiger partial charge in [0.2, 0.25) is 0 Å². The zero-order chi connectivity index (χ0) is 11.5. The summed E-state index contributed by atoms with van der Waals surface area (Å²) in [6.07, 6.45) is 5.68. The first-order valence-corrected chi connectivity index (χ1v) is 6.95. The molecule has 1 saturated heterocycles. The van der Waals surface area contributed by atoms with Crippen LogP contribution in [0.4, 0.5) is 5.69 Å². The van der Waals surface area contributed by atoms with E-state index in [1.54, 1.807) is 0 Å². The van der Waals surface area contributed by atoms with Crippen molar-refractivity contribution in [1.29, 1.82) is 0 Å². The van der Waals surface area contributed by atoms with Crippen LogP contribution >= 0.6 is 0 Å². The van der Waals surface area contributed by atoms with Gasteiger partial charge in [0.25, 0.3) is 0 Å². The van der Waals surface area contributed by atoms with Crippen LogP contribution in [0.1, 0.15) is 25.7 Å².